The zero-order valence-electron chi connectivity index (χ0n) is 11.3. The molecule has 0 atom stereocenters. The van der Waals surface area contributed by atoms with Crippen molar-refractivity contribution in [2.75, 3.05) is 0 Å². The van der Waals surface area contributed by atoms with Gasteiger partial charge in [-0.1, -0.05) is 29.4 Å². The smallest absolute Gasteiger partial charge is 0.170 e. The number of nitrogens with two attached hydrogens (primary N) is 1. The van der Waals surface area contributed by atoms with Crippen LogP contribution in [0.15, 0.2) is 46.0 Å². The van der Waals surface area contributed by atoms with Crippen LogP contribution >= 0.6 is 15.9 Å². The van der Waals surface area contributed by atoms with Crippen molar-refractivity contribution in [1.29, 1.82) is 0 Å². The summed E-state index contributed by atoms with van der Waals surface area (Å²) in [5.74, 6) is 0.264. The molecule has 0 saturated heterocycles. The highest BCUT2D eigenvalue weighted by Gasteiger charge is 2.08. The van der Waals surface area contributed by atoms with Crippen molar-refractivity contribution in [3.05, 3.63) is 63.4 Å². The number of hydrogen-bond acceptors (Lipinski definition) is 3. The maximum Gasteiger partial charge on any atom is 0.170 e. The van der Waals surface area contributed by atoms with Gasteiger partial charge in [0.1, 0.15) is 18.2 Å². The fourth-order valence-electron chi connectivity index (χ4n) is 1.79. The summed E-state index contributed by atoms with van der Waals surface area (Å²) >= 11 is 3.19. The quantitative estimate of drug-likeness (QED) is 0.382. The number of amidine groups is 1. The lowest BCUT2D eigenvalue weighted by Crippen LogP contribution is -2.13. The largest absolute Gasteiger partial charge is 0.489 e. The van der Waals surface area contributed by atoms with Gasteiger partial charge in [-0.25, -0.2) is 4.39 Å². The average molecular weight is 353 g/mol. The second-order valence-electron chi connectivity index (χ2n) is 4.47. The molecule has 2 rings (SSSR count). The normalized spacial score (nSPS) is 11.5. The Morgan fingerprint density at radius 3 is 2.86 bits per heavy atom. The monoisotopic (exact) mass is 352 g/mol. The lowest BCUT2D eigenvalue weighted by atomic mass is 10.1. The van der Waals surface area contributed by atoms with Gasteiger partial charge >= 0.3 is 0 Å². The molecule has 0 bridgehead atoms. The molecule has 0 aliphatic carbocycles. The Balaban J connectivity index is 2.22. The summed E-state index contributed by atoms with van der Waals surface area (Å²) in [5.41, 5.74) is 7.70. The van der Waals surface area contributed by atoms with Gasteiger partial charge in [-0.3, -0.25) is 0 Å². The number of benzene rings is 2. The number of nitrogens with zero attached hydrogens (tertiary/aromatic N) is 1. The second-order valence-corrected chi connectivity index (χ2v) is 5.26. The zero-order chi connectivity index (χ0) is 15.4. The van der Waals surface area contributed by atoms with E-state index in [0.717, 1.165) is 5.56 Å². The van der Waals surface area contributed by atoms with Crippen molar-refractivity contribution in [2.24, 2.45) is 10.9 Å². The molecule has 0 heterocycles. The van der Waals surface area contributed by atoms with Gasteiger partial charge in [0.05, 0.1) is 4.47 Å². The van der Waals surface area contributed by atoms with Crippen LogP contribution in [0.5, 0.6) is 5.75 Å². The van der Waals surface area contributed by atoms with Crippen molar-refractivity contribution in [3.8, 4) is 5.75 Å². The first-order valence-electron chi connectivity index (χ1n) is 6.17. The van der Waals surface area contributed by atoms with E-state index in [9.17, 15) is 4.39 Å². The third-order valence-electron chi connectivity index (χ3n) is 3.01. The molecule has 0 aliphatic rings. The van der Waals surface area contributed by atoms with E-state index in [1.807, 2.05) is 13.0 Å². The van der Waals surface area contributed by atoms with Crippen LogP contribution in [0.2, 0.25) is 0 Å². The third-order valence-corrected chi connectivity index (χ3v) is 3.89. The van der Waals surface area contributed by atoms with Gasteiger partial charge in [0.25, 0.3) is 0 Å². The number of hydrogen-bond donors (Lipinski definition) is 2. The summed E-state index contributed by atoms with van der Waals surface area (Å²) in [6.07, 6.45) is 0. The average Bonchev–Trinajstić information content (AvgIpc) is 2.49. The molecule has 110 valence electrons. The van der Waals surface area contributed by atoms with Crippen LogP contribution in [-0.4, -0.2) is 11.0 Å². The van der Waals surface area contributed by atoms with E-state index in [2.05, 4.69) is 21.1 Å². The molecular formula is C15H14BrFN2O2. The molecule has 2 aromatic carbocycles. The van der Waals surface area contributed by atoms with E-state index >= 15 is 0 Å². The minimum atomic E-state index is -0.335. The molecule has 0 unspecified atom stereocenters. The highest BCUT2D eigenvalue weighted by Crippen LogP contribution is 2.24. The van der Waals surface area contributed by atoms with E-state index in [-0.39, 0.29) is 18.3 Å². The summed E-state index contributed by atoms with van der Waals surface area (Å²) in [4.78, 5) is 0. The molecule has 0 radical (unpaired) electrons. The van der Waals surface area contributed by atoms with E-state index < -0.39 is 0 Å². The van der Waals surface area contributed by atoms with Gasteiger partial charge in [0.2, 0.25) is 0 Å². The molecule has 0 saturated carbocycles. The Hall–Kier alpha value is -2.08. The van der Waals surface area contributed by atoms with Gasteiger partial charge in [-0.2, -0.15) is 0 Å². The summed E-state index contributed by atoms with van der Waals surface area (Å²) < 4.78 is 19.5. The molecular weight excluding hydrogens is 339 g/mol. The van der Waals surface area contributed by atoms with Gasteiger partial charge in [-0.15, -0.1) is 0 Å². The first kappa shape index (κ1) is 15.3. The molecule has 0 amide bonds. The van der Waals surface area contributed by atoms with Gasteiger partial charge in [-0.05, 0) is 40.5 Å². The summed E-state index contributed by atoms with van der Waals surface area (Å²) in [6, 6.07) is 9.99. The Morgan fingerprint density at radius 1 is 1.38 bits per heavy atom. The van der Waals surface area contributed by atoms with Gasteiger partial charge in [0.15, 0.2) is 5.84 Å². The zero-order valence-corrected chi connectivity index (χ0v) is 12.9. The number of aryl methyl sites for hydroxylation is 1. The van der Waals surface area contributed by atoms with E-state index in [4.69, 9.17) is 15.7 Å². The van der Waals surface area contributed by atoms with Crippen LogP contribution in [0.1, 0.15) is 16.7 Å². The fourth-order valence-corrected chi connectivity index (χ4v) is 2.17. The first-order chi connectivity index (χ1) is 10.0. The van der Waals surface area contributed by atoms with Crippen molar-refractivity contribution >= 4 is 21.8 Å². The third kappa shape index (κ3) is 3.52. The van der Waals surface area contributed by atoms with Crippen molar-refractivity contribution in [3.63, 3.8) is 0 Å². The maximum absolute atomic E-state index is 13.4. The standard InChI is InChI=1S/C15H14BrFN2O2/c1-9-5-6-10(15(18)19-20)7-13(9)21-8-11-3-2-4-12(17)14(11)16/h2-7,20H,8H2,1H3,(H2,18,19). The summed E-state index contributed by atoms with van der Waals surface area (Å²) in [6.45, 7) is 2.09. The molecule has 0 aromatic heterocycles. The molecule has 3 N–H and O–H groups in total. The lowest BCUT2D eigenvalue weighted by molar-refractivity contribution is 0.302. The lowest BCUT2D eigenvalue weighted by Gasteiger charge is -2.12. The predicted molar refractivity (Wildman–Crippen MR) is 82.1 cm³/mol. The topological polar surface area (TPSA) is 67.8 Å². The number of rotatable bonds is 4. The molecule has 4 nitrogen and oxygen atoms in total. The number of halogens is 2. The van der Waals surface area contributed by atoms with Crippen LogP contribution in [0, 0.1) is 12.7 Å². The van der Waals surface area contributed by atoms with Crippen molar-refractivity contribution < 1.29 is 14.3 Å². The van der Waals surface area contributed by atoms with E-state index in [1.54, 1.807) is 24.3 Å². The Bertz CT molecular complexity index is 689. The molecule has 6 heteroatoms. The van der Waals surface area contributed by atoms with E-state index in [1.165, 1.54) is 6.07 Å². The Labute approximate surface area is 130 Å². The molecule has 0 fully saturated rings. The van der Waals surface area contributed by atoms with Crippen LogP contribution in [0.4, 0.5) is 4.39 Å². The van der Waals surface area contributed by atoms with Crippen LogP contribution < -0.4 is 10.5 Å². The first-order valence-corrected chi connectivity index (χ1v) is 6.96. The number of ether oxygens (including phenoxy) is 1. The summed E-state index contributed by atoms with van der Waals surface area (Å²) in [5, 5.41) is 11.7. The Morgan fingerprint density at radius 2 is 2.14 bits per heavy atom. The van der Waals surface area contributed by atoms with Crippen LogP contribution in [0.3, 0.4) is 0 Å². The van der Waals surface area contributed by atoms with Crippen molar-refractivity contribution in [1.82, 2.24) is 0 Å². The van der Waals surface area contributed by atoms with Crippen LogP contribution in [0.25, 0.3) is 0 Å². The Kier molecular flexibility index (Phi) is 4.80. The summed E-state index contributed by atoms with van der Waals surface area (Å²) in [7, 11) is 0. The molecule has 0 aliphatic heterocycles. The minimum absolute atomic E-state index is 0.00628. The van der Waals surface area contributed by atoms with E-state index in [0.29, 0.717) is 21.3 Å². The highest BCUT2D eigenvalue weighted by atomic mass is 79.9. The minimum Gasteiger partial charge on any atom is -0.489 e. The predicted octanol–water partition coefficient (Wildman–Crippen LogP) is 3.57. The van der Waals surface area contributed by atoms with Crippen LogP contribution in [-0.2, 0) is 6.61 Å². The highest BCUT2D eigenvalue weighted by molar-refractivity contribution is 9.10. The molecule has 21 heavy (non-hydrogen) atoms. The fraction of sp³-hybridized carbons (Fsp3) is 0.133. The molecule has 2 aromatic rings. The number of oxime groups is 1. The second kappa shape index (κ2) is 6.58. The van der Waals surface area contributed by atoms with Gasteiger partial charge < -0.3 is 15.7 Å². The SMILES string of the molecule is Cc1ccc(/C(N)=N/O)cc1OCc1cccc(F)c1Br. The van der Waals surface area contributed by atoms with Gasteiger partial charge in [0, 0.05) is 11.1 Å². The molecule has 0 spiro atoms. The van der Waals surface area contributed by atoms with Crippen molar-refractivity contribution in [2.45, 2.75) is 13.5 Å². The maximum atomic E-state index is 13.4.